The molecule has 3 rings (SSSR count). The highest BCUT2D eigenvalue weighted by molar-refractivity contribution is 5.97. The molecule has 1 saturated heterocycles. The van der Waals surface area contributed by atoms with Crippen LogP contribution in [-0.2, 0) is 11.0 Å². The Labute approximate surface area is 160 Å². The van der Waals surface area contributed by atoms with Gasteiger partial charge in [-0.15, -0.1) is 0 Å². The molecule has 5 nitrogen and oxygen atoms in total. The quantitative estimate of drug-likeness (QED) is 0.733. The Kier molecular flexibility index (Phi) is 5.96. The molecule has 1 aliphatic heterocycles. The molecule has 1 aromatic carbocycles. The Balaban J connectivity index is 1.48. The van der Waals surface area contributed by atoms with Crippen molar-refractivity contribution in [2.45, 2.75) is 19.0 Å². The molecule has 1 aromatic heterocycles. The van der Waals surface area contributed by atoms with Crippen LogP contribution in [0.15, 0.2) is 48.7 Å². The summed E-state index contributed by atoms with van der Waals surface area (Å²) >= 11 is 0. The van der Waals surface area contributed by atoms with Crippen LogP contribution in [0.1, 0.15) is 28.8 Å². The van der Waals surface area contributed by atoms with Crippen molar-refractivity contribution in [2.24, 2.45) is 0 Å². The summed E-state index contributed by atoms with van der Waals surface area (Å²) in [6, 6.07) is 11.2. The third-order valence-electron chi connectivity index (χ3n) is 4.69. The first kappa shape index (κ1) is 19.9. The van der Waals surface area contributed by atoms with Gasteiger partial charge in [0, 0.05) is 50.8 Å². The number of rotatable bonds is 5. The van der Waals surface area contributed by atoms with Crippen molar-refractivity contribution in [1.29, 1.82) is 0 Å². The average Bonchev–Trinajstić information content (AvgIpc) is 2.72. The number of nitrogens with zero attached hydrogens (tertiary/aromatic N) is 3. The number of carbonyl (C=O) groups excluding carboxylic acids is 2. The summed E-state index contributed by atoms with van der Waals surface area (Å²) in [6.07, 6.45) is -3.29. The minimum absolute atomic E-state index is 0.0680. The number of benzene rings is 1. The number of piperazine rings is 1. The van der Waals surface area contributed by atoms with Gasteiger partial charge in [0.2, 0.25) is 5.91 Å². The van der Waals surface area contributed by atoms with Gasteiger partial charge in [-0.2, -0.15) is 13.2 Å². The minimum atomic E-state index is -4.41. The first-order chi connectivity index (χ1) is 13.3. The Bertz CT molecular complexity index is 815. The summed E-state index contributed by atoms with van der Waals surface area (Å²) in [6.45, 7) is 1.86. The highest BCUT2D eigenvalue weighted by atomic mass is 19.4. The van der Waals surface area contributed by atoms with E-state index in [1.165, 1.54) is 6.07 Å². The maximum Gasteiger partial charge on any atom is 0.417 e. The van der Waals surface area contributed by atoms with Gasteiger partial charge >= 0.3 is 6.18 Å². The van der Waals surface area contributed by atoms with Crippen LogP contribution >= 0.6 is 0 Å². The van der Waals surface area contributed by atoms with Gasteiger partial charge in [0.25, 0.3) is 0 Å². The average molecular weight is 391 g/mol. The van der Waals surface area contributed by atoms with E-state index in [2.05, 4.69) is 4.98 Å². The van der Waals surface area contributed by atoms with E-state index in [4.69, 9.17) is 0 Å². The molecule has 0 spiro atoms. The summed E-state index contributed by atoms with van der Waals surface area (Å²) in [5, 5.41) is 0. The number of halogens is 3. The first-order valence-electron chi connectivity index (χ1n) is 8.99. The maximum atomic E-state index is 12.6. The molecule has 1 fully saturated rings. The second-order valence-electron chi connectivity index (χ2n) is 6.56. The van der Waals surface area contributed by atoms with Crippen LogP contribution in [0.3, 0.4) is 0 Å². The number of anilines is 1. The maximum absolute atomic E-state index is 12.6. The summed E-state index contributed by atoms with van der Waals surface area (Å²) < 4.78 is 37.9. The molecule has 28 heavy (non-hydrogen) atoms. The van der Waals surface area contributed by atoms with E-state index < -0.39 is 11.7 Å². The number of aromatic nitrogens is 1. The van der Waals surface area contributed by atoms with Crippen molar-refractivity contribution in [2.75, 3.05) is 31.1 Å². The van der Waals surface area contributed by atoms with Crippen LogP contribution in [0.25, 0.3) is 0 Å². The van der Waals surface area contributed by atoms with Crippen molar-refractivity contribution in [3.63, 3.8) is 0 Å². The number of pyridine rings is 1. The summed E-state index contributed by atoms with van der Waals surface area (Å²) in [5.74, 6) is 0.296. The third kappa shape index (κ3) is 4.88. The van der Waals surface area contributed by atoms with E-state index >= 15 is 0 Å². The van der Waals surface area contributed by atoms with Gasteiger partial charge in [0.15, 0.2) is 5.78 Å². The van der Waals surface area contributed by atoms with Gasteiger partial charge in [-0.3, -0.25) is 9.59 Å². The first-order valence-corrected chi connectivity index (χ1v) is 8.99. The molecule has 0 N–H and O–H groups in total. The molecular weight excluding hydrogens is 371 g/mol. The second-order valence-corrected chi connectivity index (χ2v) is 6.56. The number of Topliss-reactive ketones (excluding diaryl/α,β-unsaturated/α-hetero) is 1. The fourth-order valence-electron chi connectivity index (χ4n) is 3.07. The molecule has 0 saturated carbocycles. The smallest absolute Gasteiger partial charge is 0.353 e. The van der Waals surface area contributed by atoms with Gasteiger partial charge in [-0.05, 0) is 12.1 Å². The zero-order chi connectivity index (χ0) is 20.1. The highest BCUT2D eigenvalue weighted by Gasteiger charge is 2.31. The summed E-state index contributed by atoms with van der Waals surface area (Å²) in [4.78, 5) is 31.9. The molecular formula is C20H20F3N3O2. The molecule has 148 valence electrons. The Hall–Kier alpha value is -2.90. The van der Waals surface area contributed by atoms with Crippen LogP contribution in [0.4, 0.5) is 19.0 Å². The van der Waals surface area contributed by atoms with Crippen molar-refractivity contribution < 1.29 is 22.8 Å². The topological polar surface area (TPSA) is 53.5 Å². The van der Waals surface area contributed by atoms with Crippen molar-refractivity contribution in [3.8, 4) is 0 Å². The van der Waals surface area contributed by atoms with Crippen molar-refractivity contribution in [3.05, 3.63) is 59.8 Å². The van der Waals surface area contributed by atoms with Crippen LogP contribution in [0, 0.1) is 0 Å². The third-order valence-corrected chi connectivity index (χ3v) is 4.69. The minimum Gasteiger partial charge on any atom is -0.353 e. The van der Waals surface area contributed by atoms with Crippen LogP contribution in [-0.4, -0.2) is 47.8 Å². The predicted molar refractivity (Wildman–Crippen MR) is 98.0 cm³/mol. The Morgan fingerprint density at radius 3 is 2.18 bits per heavy atom. The number of hydrogen-bond acceptors (Lipinski definition) is 4. The Morgan fingerprint density at radius 2 is 1.61 bits per heavy atom. The lowest BCUT2D eigenvalue weighted by atomic mass is 10.1. The lowest BCUT2D eigenvalue weighted by Gasteiger charge is -2.35. The predicted octanol–water partition coefficient (Wildman–Crippen LogP) is 3.41. The zero-order valence-corrected chi connectivity index (χ0v) is 15.2. The second kappa shape index (κ2) is 8.41. The SMILES string of the molecule is O=C(CCC(=O)N1CCN(c2ccc(C(F)(F)F)cn2)CC1)c1ccccc1. The number of ketones is 1. The van der Waals surface area contributed by atoms with Gasteiger partial charge in [0.05, 0.1) is 5.56 Å². The van der Waals surface area contributed by atoms with Gasteiger partial charge in [0.1, 0.15) is 5.82 Å². The fraction of sp³-hybridized carbons (Fsp3) is 0.350. The van der Waals surface area contributed by atoms with Crippen LogP contribution in [0.5, 0.6) is 0 Å². The highest BCUT2D eigenvalue weighted by Crippen LogP contribution is 2.29. The molecule has 0 aliphatic carbocycles. The number of hydrogen-bond donors (Lipinski definition) is 0. The number of alkyl halides is 3. The lowest BCUT2D eigenvalue weighted by molar-refractivity contribution is -0.137. The molecule has 1 aliphatic rings. The standard InChI is InChI=1S/C20H20F3N3O2/c21-20(22,23)16-6-8-18(24-14-16)25-10-12-26(13-11-25)19(28)9-7-17(27)15-4-2-1-3-5-15/h1-6,8,14H,7,9-13H2. The monoisotopic (exact) mass is 391 g/mol. The molecule has 0 unspecified atom stereocenters. The molecule has 1 amide bonds. The molecule has 0 radical (unpaired) electrons. The van der Waals surface area contributed by atoms with E-state index in [0.29, 0.717) is 37.6 Å². The molecule has 2 aromatic rings. The summed E-state index contributed by atoms with van der Waals surface area (Å²) in [5.41, 5.74) is -0.193. The van der Waals surface area contributed by atoms with Crippen molar-refractivity contribution in [1.82, 2.24) is 9.88 Å². The number of carbonyl (C=O) groups is 2. The van der Waals surface area contributed by atoms with Gasteiger partial charge < -0.3 is 9.80 Å². The van der Waals surface area contributed by atoms with E-state index in [1.807, 2.05) is 11.0 Å². The van der Waals surface area contributed by atoms with Gasteiger partial charge in [-0.1, -0.05) is 30.3 Å². The van der Waals surface area contributed by atoms with E-state index in [0.717, 1.165) is 12.3 Å². The van der Waals surface area contributed by atoms with E-state index in [1.54, 1.807) is 29.2 Å². The molecule has 0 bridgehead atoms. The molecule has 0 atom stereocenters. The van der Waals surface area contributed by atoms with Crippen LogP contribution in [0.2, 0.25) is 0 Å². The van der Waals surface area contributed by atoms with Gasteiger partial charge in [-0.25, -0.2) is 4.98 Å². The Morgan fingerprint density at radius 1 is 0.929 bits per heavy atom. The van der Waals surface area contributed by atoms with E-state index in [-0.39, 0.29) is 24.5 Å². The molecule has 2 heterocycles. The lowest BCUT2D eigenvalue weighted by Crippen LogP contribution is -2.49. The zero-order valence-electron chi connectivity index (χ0n) is 15.2. The van der Waals surface area contributed by atoms with Crippen LogP contribution < -0.4 is 4.90 Å². The summed E-state index contributed by atoms with van der Waals surface area (Å²) in [7, 11) is 0. The van der Waals surface area contributed by atoms with Crippen molar-refractivity contribution >= 4 is 17.5 Å². The van der Waals surface area contributed by atoms with E-state index in [9.17, 15) is 22.8 Å². The largest absolute Gasteiger partial charge is 0.417 e. The molecule has 8 heteroatoms. The normalized spacial score (nSPS) is 14.8. The number of amides is 1. The fourth-order valence-corrected chi connectivity index (χ4v) is 3.07.